The quantitative estimate of drug-likeness (QED) is 0.801. The molecular formula is C21H27N3O4. The van der Waals surface area contributed by atoms with Crippen molar-refractivity contribution >= 4 is 11.8 Å². The Morgan fingerprint density at radius 1 is 1.21 bits per heavy atom. The monoisotopic (exact) mass is 385 g/mol. The Morgan fingerprint density at radius 2 is 1.93 bits per heavy atom. The Hall–Kier alpha value is -2.96. The van der Waals surface area contributed by atoms with Crippen LogP contribution in [0.1, 0.15) is 39.3 Å². The number of amides is 2. The second kappa shape index (κ2) is 8.82. The molecule has 2 aromatic rings. The zero-order chi connectivity index (χ0) is 20.1. The van der Waals surface area contributed by atoms with Crippen molar-refractivity contribution in [1.82, 2.24) is 15.2 Å². The van der Waals surface area contributed by atoms with E-state index in [2.05, 4.69) is 10.3 Å². The van der Waals surface area contributed by atoms with Crippen molar-refractivity contribution in [3.8, 4) is 11.5 Å². The minimum Gasteiger partial charge on any atom is -0.497 e. The Bertz CT molecular complexity index is 824. The van der Waals surface area contributed by atoms with Gasteiger partial charge in [-0.15, -0.1) is 0 Å². The Balaban J connectivity index is 1.59. The molecule has 1 saturated heterocycles. The summed E-state index contributed by atoms with van der Waals surface area (Å²) >= 11 is 0. The van der Waals surface area contributed by atoms with Crippen molar-refractivity contribution in [2.24, 2.45) is 5.92 Å². The van der Waals surface area contributed by atoms with E-state index in [-0.39, 0.29) is 17.7 Å². The number of benzene rings is 1. The lowest BCUT2D eigenvalue weighted by Gasteiger charge is -2.33. The van der Waals surface area contributed by atoms with Crippen molar-refractivity contribution in [3.05, 3.63) is 47.3 Å². The van der Waals surface area contributed by atoms with E-state index < -0.39 is 0 Å². The molecule has 1 atom stereocenters. The maximum absolute atomic E-state index is 12.7. The van der Waals surface area contributed by atoms with Crippen molar-refractivity contribution < 1.29 is 19.1 Å². The van der Waals surface area contributed by atoms with Gasteiger partial charge in [0.1, 0.15) is 11.5 Å². The number of carbonyl (C=O) groups excluding carboxylic acids is 2. The van der Waals surface area contributed by atoms with Gasteiger partial charge >= 0.3 is 0 Å². The van der Waals surface area contributed by atoms with Gasteiger partial charge in [-0.3, -0.25) is 9.59 Å². The first-order chi connectivity index (χ1) is 13.5. The molecule has 150 valence electrons. The lowest BCUT2D eigenvalue weighted by atomic mass is 9.97. The number of ether oxygens (including phenoxy) is 2. The summed E-state index contributed by atoms with van der Waals surface area (Å²) in [5.74, 6) is 1.24. The fourth-order valence-electron chi connectivity index (χ4n) is 3.55. The van der Waals surface area contributed by atoms with Crippen LogP contribution in [0.4, 0.5) is 0 Å². The summed E-state index contributed by atoms with van der Waals surface area (Å²) in [6.07, 6.45) is 3.70. The molecule has 0 unspecified atom stereocenters. The molecule has 0 radical (unpaired) electrons. The third-order valence-electron chi connectivity index (χ3n) is 5.16. The minimum atomic E-state index is -0.179. The number of hydrogen-bond acceptors (Lipinski definition) is 4. The number of aromatic nitrogens is 1. The van der Waals surface area contributed by atoms with Gasteiger partial charge in [-0.25, -0.2) is 0 Å². The highest BCUT2D eigenvalue weighted by molar-refractivity contribution is 5.96. The van der Waals surface area contributed by atoms with Crippen LogP contribution in [0.2, 0.25) is 0 Å². The van der Waals surface area contributed by atoms with E-state index in [0.717, 1.165) is 25.1 Å². The number of piperidine rings is 1. The molecule has 1 fully saturated rings. The molecule has 1 aliphatic heterocycles. The molecule has 28 heavy (non-hydrogen) atoms. The molecule has 0 spiro atoms. The smallest absolute Gasteiger partial charge is 0.255 e. The Labute approximate surface area is 165 Å². The summed E-state index contributed by atoms with van der Waals surface area (Å²) in [6, 6.07) is 6.91. The van der Waals surface area contributed by atoms with Gasteiger partial charge in [0.15, 0.2) is 0 Å². The maximum Gasteiger partial charge on any atom is 0.255 e. The van der Waals surface area contributed by atoms with Crippen LogP contribution in [-0.4, -0.2) is 55.6 Å². The summed E-state index contributed by atoms with van der Waals surface area (Å²) < 4.78 is 10.4. The fourth-order valence-corrected chi connectivity index (χ4v) is 3.55. The Morgan fingerprint density at radius 3 is 2.54 bits per heavy atom. The van der Waals surface area contributed by atoms with Gasteiger partial charge in [-0.2, -0.15) is 0 Å². The van der Waals surface area contributed by atoms with Crippen LogP contribution >= 0.6 is 0 Å². The van der Waals surface area contributed by atoms with Crippen LogP contribution in [0, 0.1) is 12.8 Å². The van der Waals surface area contributed by atoms with Crippen molar-refractivity contribution in [2.75, 3.05) is 33.9 Å². The van der Waals surface area contributed by atoms with Crippen LogP contribution in [0.15, 0.2) is 30.5 Å². The number of hydrogen-bond donors (Lipinski definition) is 2. The summed E-state index contributed by atoms with van der Waals surface area (Å²) in [5.41, 5.74) is 2.09. The van der Waals surface area contributed by atoms with Crippen LogP contribution in [0.25, 0.3) is 0 Å². The largest absolute Gasteiger partial charge is 0.497 e. The highest BCUT2D eigenvalue weighted by atomic mass is 16.5. The van der Waals surface area contributed by atoms with Crippen molar-refractivity contribution in [3.63, 3.8) is 0 Å². The topological polar surface area (TPSA) is 83.7 Å². The van der Waals surface area contributed by atoms with Gasteiger partial charge in [0, 0.05) is 43.2 Å². The third kappa shape index (κ3) is 4.47. The van der Waals surface area contributed by atoms with E-state index in [4.69, 9.17) is 9.47 Å². The Kier molecular flexibility index (Phi) is 6.23. The summed E-state index contributed by atoms with van der Waals surface area (Å²) in [6.45, 7) is 3.82. The number of methoxy groups -OCH3 is 2. The summed E-state index contributed by atoms with van der Waals surface area (Å²) in [5, 5.41) is 2.98. The van der Waals surface area contributed by atoms with E-state index in [1.165, 1.54) is 0 Å². The zero-order valence-electron chi connectivity index (χ0n) is 16.6. The fraction of sp³-hybridized carbons (Fsp3) is 0.429. The lowest BCUT2D eigenvalue weighted by Crippen LogP contribution is -2.43. The number of likely N-dealkylation sites (tertiary alicyclic amines) is 1. The predicted molar refractivity (Wildman–Crippen MR) is 106 cm³/mol. The number of nitrogens with one attached hydrogen (secondary N) is 2. The van der Waals surface area contributed by atoms with Crippen LogP contribution in [0.3, 0.4) is 0 Å². The number of aromatic amines is 1. The standard InChI is InChI=1S/C21H27N3O4/c1-14-19(6-7-22-14)21(26)24-8-4-5-15(13-24)12-23-20(25)16-9-17(27-2)11-18(10-16)28-3/h6-7,9-11,15,22H,4-5,8,12-13H2,1-3H3,(H,23,25)/t15-/m1/s1. The van der Waals surface area contributed by atoms with Gasteiger partial charge in [-0.05, 0) is 43.9 Å². The molecule has 0 bridgehead atoms. The van der Waals surface area contributed by atoms with Crippen LogP contribution < -0.4 is 14.8 Å². The van der Waals surface area contributed by atoms with Gasteiger partial charge in [-0.1, -0.05) is 0 Å². The van der Waals surface area contributed by atoms with E-state index in [1.807, 2.05) is 17.9 Å². The second-order valence-electron chi connectivity index (χ2n) is 7.09. The molecule has 0 aliphatic carbocycles. The van der Waals surface area contributed by atoms with Crippen LogP contribution in [0.5, 0.6) is 11.5 Å². The number of H-pyrrole nitrogens is 1. The van der Waals surface area contributed by atoms with E-state index in [0.29, 0.717) is 35.7 Å². The molecule has 3 rings (SSSR count). The molecule has 2 amide bonds. The van der Waals surface area contributed by atoms with Gasteiger partial charge in [0.2, 0.25) is 0 Å². The molecule has 2 heterocycles. The molecule has 7 nitrogen and oxygen atoms in total. The minimum absolute atomic E-state index is 0.0484. The zero-order valence-corrected chi connectivity index (χ0v) is 16.6. The second-order valence-corrected chi connectivity index (χ2v) is 7.09. The first kappa shape index (κ1) is 19.8. The molecular weight excluding hydrogens is 358 g/mol. The number of nitrogens with zero attached hydrogens (tertiary/aromatic N) is 1. The highest BCUT2D eigenvalue weighted by Gasteiger charge is 2.26. The summed E-state index contributed by atoms with van der Waals surface area (Å²) in [4.78, 5) is 30.2. The van der Waals surface area contributed by atoms with Gasteiger partial charge < -0.3 is 24.7 Å². The number of rotatable bonds is 6. The summed E-state index contributed by atoms with van der Waals surface area (Å²) in [7, 11) is 3.10. The average molecular weight is 385 g/mol. The molecule has 7 heteroatoms. The van der Waals surface area contributed by atoms with Gasteiger partial charge in [0.25, 0.3) is 11.8 Å². The van der Waals surface area contributed by atoms with Crippen LogP contribution in [-0.2, 0) is 0 Å². The highest BCUT2D eigenvalue weighted by Crippen LogP contribution is 2.23. The van der Waals surface area contributed by atoms with E-state index >= 15 is 0 Å². The molecule has 0 saturated carbocycles. The SMILES string of the molecule is COc1cc(OC)cc(C(=O)NC[C@H]2CCCN(C(=O)c3cc[nH]c3C)C2)c1. The maximum atomic E-state index is 12.7. The third-order valence-corrected chi connectivity index (χ3v) is 5.16. The van der Waals surface area contributed by atoms with Crippen molar-refractivity contribution in [2.45, 2.75) is 19.8 Å². The first-order valence-electron chi connectivity index (χ1n) is 9.46. The molecule has 2 N–H and O–H groups in total. The normalized spacial score (nSPS) is 16.5. The molecule has 1 aromatic carbocycles. The number of carbonyl (C=O) groups is 2. The lowest BCUT2D eigenvalue weighted by molar-refractivity contribution is 0.0670. The van der Waals surface area contributed by atoms with E-state index in [9.17, 15) is 9.59 Å². The van der Waals surface area contributed by atoms with E-state index in [1.54, 1.807) is 38.6 Å². The predicted octanol–water partition coefficient (Wildman–Crippen LogP) is 2.62. The van der Waals surface area contributed by atoms with Crippen molar-refractivity contribution in [1.29, 1.82) is 0 Å². The molecule has 1 aromatic heterocycles. The number of aryl methyl sites for hydroxylation is 1. The first-order valence-corrected chi connectivity index (χ1v) is 9.46. The average Bonchev–Trinajstić information content (AvgIpc) is 3.16. The van der Waals surface area contributed by atoms with Gasteiger partial charge in [0.05, 0.1) is 19.8 Å². The molecule has 1 aliphatic rings.